The Morgan fingerprint density at radius 1 is 1.00 bits per heavy atom. The van der Waals surface area contributed by atoms with Crippen molar-refractivity contribution in [2.45, 2.75) is 22.9 Å². The summed E-state index contributed by atoms with van der Waals surface area (Å²) in [5.74, 6) is -0.334. The summed E-state index contributed by atoms with van der Waals surface area (Å²) in [5.41, 5.74) is 2.71. The van der Waals surface area contributed by atoms with Crippen LogP contribution in [0, 0.1) is 12.7 Å². The lowest BCUT2D eigenvalue weighted by atomic mass is 10.0. The zero-order valence-corrected chi connectivity index (χ0v) is 22.3. The van der Waals surface area contributed by atoms with E-state index in [1.54, 1.807) is 0 Å². The van der Waals surface area contributed by atoms with E-state index in [0.717, 1.165) is 36.3 Å². The van der Waals surface area contributed by atoms with Crippen LogP contribution in [-0.2, 0) is 14.6 Å². The van der Waals surface area contributed by atoms with Crippen LogP contribution in [0.3, 0.4) is 0 Å². The van der Waals surface area contributed by atoms with Gasteiger partial charge in [0.05, 0.1) is 24.2 Å². The molecular formula is C28H27ClFN3O4S. The topological polar surface area (TPSA) is 84.7 Å². The minimum absolute atomic E-state index is 0.0251. The normalized spacial score (nSPS) is 15.3. The first-order valence-corrected chi connectivity index (χ1v) is 14.1. The van der Waals surface area contributed by atoms with Crippen LogP contribution in [0.15, 0.2) is 87.1 Å². The predicted octanol–water partition coefficient (Wildman–Crippen LogP) is 5.76. The smallest absolute Gasteiger partial charge is 0.233 e. The Labute approximate surface area is 226 Å². The Morgan fingerprint density at radius 3 is 2.32 bits per heavy atom. The predicted molar refractivity (Wildman–Crippen MR) is 144 cm³/mol. The highest BCUT2D eigenvalue weighted by molar-refractivity contribution is 7.91. The lowest BCUT2D eigenvalue weighted by molar-refractivity contribution is 0.0186. The van der Waals surface area contributed by atoms with Crippen molar-refractivity contribution in [2.24, 2.45) is 0 Å². The molecule has 0 bridgehead atoms. The molecule has 2 heterocycles. The van der Waals surface area contributed by atoms with E-state index in [9.17, 15) is 12.8 Å². The van der Waals surface area contributed by atoms with Crippen LogP contribution in [0.1, 0.15) is 17.2 Å². The van der Waals surface area contributed by atoms with Crippen LogP contribution in [0.5, 0.6) is 0 Å². The molecule has 1 saturated heterocycles. The highest BCUT2D eigenvalue weighted by Gasteiger charge is 2.30. The molecule has 3 aromatic carbocycles. The average molecular weight is 556 g/mol. The molecule has 4 aromatic rings. The van der Waals surface area contributed by atoms with Crippen molar-refractivity contribution in [2.75, 3.05) is 38.2 Å². The van der Waals surface area contributed by atoms with Gasteiger partial charge in [-0.2, -0.15) is 4.98 Å². The van der Waals surface area contributed by atoms with E-state index in [4.69, 9.17) is 20.8 Å². The summed E-state index contributed by atoms with van der Waals surface area (Å²) in [6, 6.07) is 19.6. The van der Waals surface area contributed by atoms with E-state index in [-0.39, 0.29) is 27.7 Å². The number of oxazole rings is 1. The summed E-state index contributed by atoms with van der Waals surface area (Å²) in [6.45, 7) is 4.96. The van der Waals surface area contributed by atoms with Crippen molar-refractivity contribution in [1.82, 2.24) is 9.88 Å². The van der Waals surface area contributed by atoms with Crippen molar-refractivity contribution in [3.63, 3.8) is 0 Å². The van der Waals surface area contributed by atoms with Crippen LogP contribution < -0.4 is 5.32 Å². The van der Waals surface area contributed by atoms with Gasteiger partial charge in [0.15, 0.2) is 0 Å². The van der Waals surface area contributed by atoms with Crippen LogP contribution >= 0.6 is 11.6 Å². The Bertz CT molecular complexity index is 1480. The Hall–Kier alpha value is -3.24. The largest absolute Gasteiger partial charge is 0.419 e. The van der Waals surface area contributed by atoms with E-state index in [1.807, 2.05) is 55.5 Å². The standard InChI is InChI=1S/C28H27ClFN3O4S/c1-19-2-4-21(5-3-19)26-32-28(38(34,35)24-12-10-23(30)11-13-24)27(37-26)31-18-25(33-14-16-36-17-15-33)20-6-8-22(29)9-7-20/h2-13,25,31H,14-18H2,1H3. The number of morpholine rings is 1. The Kier molecular flexibility index (Phi) is 7.80. The van der Waals surface area contributed by atoms with Gasteiger partial charge in [-0.1, -0.05) is 41.4 Å². The lowest BCUT2D eigenvalue weighted by Crippen LogP contribution is -2.41. The molecule has 1 N–H and O–H groups in total. The van der Waals surface area contributed by atoms with Gasteiger partial charge < -0.3 is 14.5 Å². The molecule has 0 radical (unpaired) electrons. The number of hydrogen-bond acceptors (Lipinski definition) is 7. The molecule has 1 aliphatic rings. The van der Waals surface area contributed by atoms with Gasteiger partial charge in [0, 0.05) is 30.2 Å². The third-order valence-corrected chi connectivity index (χ3v) is 8.40. The highest BCUT2D eigenvalue weighted by atomic mass is 35.5. The fraction of sp³-hybridized carbons (Fsp3) is 0.250. The van der Waals surface area contributed by atoms with Crippen molar-refractivity contribution in [3.05, 3.63) is 94.8 Å². The molecule has 1 aliphatic heterocycles. The van der Waals surface area contributed by atoms with Crippen molar-refractivity contribution >= 4 is 27.3 Å². The molecule has 10 heteroatoms. The zero-order chi connectivity index (χ0) is 26.7. The molecule has 0 spiro atoms. The van der Waals surface area contributed by atoms with Gasteiger partial charge in [-0.05, 0) is 61.0 Å². The molecule has 0 saturated carbocycles. The van der Waals surface area contributed by atoms with Gasteiger partial charge in [-0.3, -0.25) is 4.90 Å². The second kappa shape index (κ2) is 11.2. The van der Waals surface area contributed by atoms with Gasteiger partial charge in [0.1, 0.15) is 5.82 Å². The summed E-state index contributed by atoms with van der Waals surface area (Å²) in [5, 5.41) is 3.59. The number of nitrogens with zero attached hydrogens (tertiary/aromatic N) is 2. The van der Waals surface area contributed by atoms with Gasteiger partial charge in [-0.25, -0.2) is 12.8 Å². The van der Waals surface area contributed by atoms with Gasteiger partial charge in [0.25, 0.3) is 0 Å². The van der Waals surface area contributed by atoms with E-state index in [1.165, 1.54) is 12.1 Å². The first kappa shape index (κ1) is 26.4. The molecule has 7 nitrogen and oxygen atoms in total. The number of benzene rings is 3. The van der Waals surface area contributed by atoms with Gasteiger partial charge >= 0.3 is 0 Å². The fourth-order valence-electron chi connectivity index (χ4n) is 4.37. The number of aryl methyl sites for hydroxylation is 1. The Morgan fingerprint density at radius 2 is 1.66 bits per heavy atom. The number of sulfone groups is 1. The number of hydrogen-bond donors (Lipinski definition) is 1. The number of aromatic nitrogens is 1. The maximum Gasteiger partial charge on any atom is 0.233 e. The second-order valence-electron chi connectivity index (χ2n) is 9.07. The molecule has 1 aromatic heterocycles. The van der Waals surface area contributed by atoms with Crippen molar-refractivity contribution < 1.29 is 22.0 Å². The van der Waals surface area contributed by atoms with Crippen LogP contribution in [-0.4, -0.2) is 51.1 Å². The monoisotopic (exact) mass is 555 g/mol. The summed E-state index contributed by atoms with van der Waals surface area (Å²) < 4.78 is 52.3. The molecule has 1 fully saturated rings. The molecule has 0 amide bonds. The molecule has 0 aliphatic carbocycles. The van der Waals surface area contributed by atoms with E-state index in [2.05, 4.69) is 15.2 Å². The maximum absolute atomic E-state index is 13.6. The van der Waals surface area contributed by atoms with Crippen LogP contribution in [0.25, 0.3) is 11.5 Å². The summed E-state index contributed by atoms with van der Waals surface area (Å²) >= 11 is 6.12. The minimum Gasteiger partial charge on any atom is -0.419 e. The van der Waals surface area contributed by atoms with Gasteiger partial charge in [0.2, 0.25) is 26.6 Å². The van der Waals surface area contributed by atoms with Crippen molar-refractivity contribution in [1.29, 1.82) is 0 Å². The Balaban J connectivity index is 1.52. The molecule has 1 unspecified atom stereocenters. The maximum atomic E-state index is 13.6. The molecule has 5 rings (SSSR count). The lowest BCUT2D eigenvalue weighted by Gasteiger charge is -2.35. The summed E-state index contributed by atoms with van der Waals surface area (Å²) in [6.07, 6.45) is 0. The van der Waals surface area contributed by atoms with Gasteiger partial charge in [-0.15, -0.1) is 0 Å². The molecule has 198 valence electrons. The number of nitrogens with one attached hydrogen (secondary N) is 1. The van der Waals surface area contributed by atoms with Crippen molar-refractivity contribution in [3.8, 4) is 11.5 Å². The first-order chi connectivity index (χ1) is 18.3. The third-order valence-electron chi connectivity index (χ3n) is 6.47. The highest BCUT2D eigenvalue weighted by Crippen LogP contribution is 2.34. The fourth-order valence-corrected chi connectivity index (χ4v) is 5.77. The zero-order valence-electron chi connectivity index (χ0n) is 20.7. The van der Waals surface area contributed by atoms with Crippen LogP contribution in [0.2, 0.25) is 5.02 Å². The quantitative estimate of drug-likeness (QED) is 0.277. The number of halogens is 2. The SMILES string of the molecule is Cc1ccc(-c2nc(S(=O)(=O)c3ccc(F)cc3)c(NCC(c3ccc(Cl)cc3)N3CCOCC3)o2)cc1. The first-order valence-electron chi connectivity index (χ1n) is 12.2. The summed E-state index contributed by atoms with van der Waals surface area (Å²) in [4.78, 5) is 6.59. The van der Waals surface area contributed by atoms with E-state index < -0.39 is 15.7 Å². The van der Waals surface area contributed by atoms with E-state index >= 15 is 0 Å². The average Bonchev–Trinajstić information content (AvgIpc) is 3.36. The summed E-state index contributed by atoms with van der Waals surface area (Å²) in [7, 11) is -4.11. The molecular weight excluding hydrogens is 529 g/mol. The molecule has 38 heavy (non-hydrogen) atoms. The third kappa shape index (κ3) is 5.76. The minimum atomic E-state index is -4.11. The number of ether oxygens (including phenoxy) is 1. The second-order valence-corrected chi connectivity index (χ2v) is 11.4. The number of anilines is 1. The molecule has 1 atom stereocenters. The van der Waals surface area contributed by atoms with E-state index in [0.29, 0.717) is 30.3 Å². The number of rotatable bonds is 8. The van der Waals surface area contributed by atoms with Crippen LogP contribution in [0.4, 0.5) is 10.3 Å².